The number of hydrogen-bond donors (Lipinski definition) is 0. The van der Waals surface area contributed by atoms with Crippen LogP contribution in [0.1, 0.15) is 65.2 Å². The van der Waals surface area contributed by atoms with E-state index >= 15 is 0 Å². The van der Waals surface area contributed by atoms with Gasteiger partial charge in [-0.05, 0) is 57.7 Å². The fraction of sp³-hybridized carbons (Fsp3) is 0.480. The maximum Gasteiger partial charge on any atom is 0.191 e. The molecule has 2 saturated carbocycles. The van der Waals surface area contributed by atoms with Crippen molar-refractivity contribution in [3.05, 3.63) is 53.1 Å². The molecule has 2 aliphatic carbocycles. The van der Waals surface area contributed by atoms with E-state index in [9.17, 15) is 4.79 Å². The second-order valence-electron chi connectivity index (χ2n) is 9.32. The van der Waals surface area contributed by atoms with Crippen LogP contribution >= 0.6 is 11.8 Å². The van der Waals surface area contributed by atoms with Crippen molar-refractivity contribution < 1.29 is 14.3 Å². The van der Waals surface area contributed by atoms with Gasteiger partial charge in [0.1, 0.15) is 12.4 Å². The molecule has 1 atom stereocenters. The predicted octanol–water partition coefficient (Wildman–Crippen LogP) is 4.72. The molecule has 3 aliphatic rings. The molecule has 33 heavy (non-hydrogen) atoms. The smallest absolute Gasteiger partial charge is 0.191 e. The van der Waals surface area contributed by atoms with Crippen LogP contribution in [0.2, 0.25) is 0 Å². The van der Waals surface area contributed by atoms with Gasteiger partial charge in [0.2, 0.25) is 0 Å². The van der Waals surface area contributed by atoms with Gasteiger partial charge in [0.25, 0.3) is 0 Å². The molecule has 6 rings (SSSR count). The van der Waals surface area contributed by atoms with Gasteiger partial charge >= 0.3 is 0 Å². The molecule has 0 N–H and O–H groups in total. The lowest BCUT2D eigenvalue weighted by Crippen LogP contribution is -2.33. The third-order valence-electron chi connectivity index (χ3n) is 6.71. The Bertz CT molecular complexity index is 1210. The number of aryl methyl sites for hydroxylation is 1. The number of Topliss-reactive ketones (excluding diaryl/α,β-unsaturated/α-hetero) is 1. The van der Waals surface area contributed by atoms with Gasteiger partial charge in [-0.25, -0.2) is 0 Å². The number of ether oxygens (including phenoxy) is 2. The molecule has 172 valence electrons. The van der Waals surface area contributed by atoms with Crippen molar-refractivity contribution >= 4 is 17.5 Å². The zero-order valence-electron chi connectivity index (χ0n) is 19.0. The van der Waals surface area contributed by atoms with E-state index in [-0.39, 0.29) is 11.9 Å². The molecular weight excluding hydrogens is 436 g/mol. The molecule has 0 saturated heterocycles. The summed E-state index contributed by atoms with van der Waals surface area (Å²) in [6.07, 6.45) is 4.71. The van der Waals surface area contributed by atoms with Crippen molar-refractivity contribution in [2.24, 2.45) is 0 Å². The van der Waals surface area contributed by atoms with Crippen LogP contribution in [-0.2, 0) is 6.54 Å². The quantitative estimate of drug-likeness (QED) is 0.355. The fourth-order valence-corrected chi connectivity index (χ4v) is 5.51. The van der Waals surface area contributed by atoms with Crippen LogP contribution in [0, 0.1) is 13.8 Å². The lowest BCUT2D eigenvalue weighted by Gasteiger charge is -2.27. The topological polar surface area (TPSA) is 71.2 Å². The van der Waals surface area contributed by atoms with E-state index in [1.54, 1.807) is 0 Å². The van der Waals surface area contributed by atoms with Crippen LogP contribution in [0.25, 0.3) is 0 Å². The maximum absolute atomic E-state index is 13.2. The van der Waals surface area contributed by atoms with Crippen LogP contribution in [0.5, 0.6) is 11.5 Å². The van der Waals surface area contributed by atoms with Gasteiger partial charge in [-0.2, -0.15) is 0 Å². The SMILES string of the molecule is Cc1cc(C(=O)CSc2nnc(C3CC3)n2C2CC2)c(C)n1C[C@@H]1COc2ccccc2O1. The van der Waals surface area contributed by atoms with E-state index in [1.807, 2.05) is 44.2 Å². The number of fused-ring (bicyclic) bond motifs is 1. The second-order valence-corrected chi connectivity index (χ2v) is 10.3. The summed E-state index contributed by atoms with van der Waals surface area (Å²) in [5.74, 6) is 3.75. The lowest BCUT2D eigenvalue weighted by molar-refractivity contribution is 0.0777. The number of ketones is 1. The molecule has 2 aromatic heterocycles. The van der Waals surface area contributed by atoms with E-state index in [2.05, 4.69) is 19.3 Å². The minimum absolute atomic E-state index is 0.0973. The summed E-state index contributed by atoms with van der Waals surface area (Å²) in [4.78, 5) is 13.2. The number of benzene rings is 1. The molecule has 8 heteroatoms. The van der Waals surface area contributed by atoms with Crippen LogP contribution in [0.3, 0.4) is 0 Å². The van der Waals surface area contributed by atoms with Crippen molar-refractivity contribution in [2.45, 2.75) is 69.3 Å². The monoisotopic (exact) mass is 464 g/mol. The largest absolute Gasteiger partial charge is 0.486 e. The molecule has 0 spiro atoms. The molecule has 0 amide bonds. The molecule has 7 nitrogen and oxygen atoms in total. The van der Waals surface area contributed by atoms with Crippen molar-refractivity contribution in [1.82, 2.24) is 19.3 Å². The van der Waals surface area contributed by atoms with Crippen molar-refractivity contribution in [1.29, 1.82) is 0 Å². The first-order valence-corrected chi connectivity index (χ1v) is 12.7. The van der Waals surface area contributed by atoms with Crippen molar-refractivity contribution in [3.63, 3.8) is 0 Å². The van der Waals surface area contributed by atoms with Crippen molar-refractivity contribution in [2.75, 3.05) is 12.4 Å². The zero-order chi connectivity index (χ0) is 22.5. The zero-order valence-corrected chi connectivity index (χ0v) is 19.8. The maximum atomic E-state index is 13.2. The summed E-state index contributed by atoms with van der Waals surface area (Å²) >= 11 is 1.52. The number of para-hydroxylation sites is 2. The summed E-state index contributed by atoms with van der Waals surface area (Å²) in [5.41, 5.74) is 2.81. The standard InChI is InChI=1S/C25H28N4O3S/c1-15-11-20(16(2)28(15)12-19-13-31-22-5-3-4-6-23(22)32-19)21(30)14-33-25-27-26-24(17-7-8-17)29(25)18-9-10-18/h3-6,11,17-19H,7-10,12-14H2,1-2H3/t19-/m1/s1. The third kappa shape index (κ3) is 4.05. The molecule has 0 unspecified atom stereocenters. The first-order chi connectivity index (χ1) is 16.1. The third-order valence-corrected chi connectivity index (χ3v) is 7.65. The molecule has 0 radical (unpaired) electrons. The van der Waals surface area contributed by atoms with Crippen LogP contribution in [0.15, 0.2) is 35.5 Å². The van der Waals surface area contributed by atoms with Gasteiger partial charge in [0.15, 0.2) is 28.5 Å². The van der Waals surface area contributed by atoms with Gasteiger partial charge < -0.3 is 18.6 Å². The summed E-state index contributed by atoms with van der Waals surface area (Å²) in [6, 6.07) is 10.3. The van der Waals surface area contributed by atoms with E-state index in [4.69, 9.17) is 9.47 Å². The lowest BCUT2D eigenvalue weighted by atomic mass is 10.2. The molecule has 1 aliphatic heterocycles. The van der Waals surface area contributed by atoms with Gasteiger partial charge in [-0.1, -0.05) is 23.9 Å². The number of thioether (sulfide) groups is 1. The Morgan fingerprint density at radius 3 is 2.67 bits per heavy atom. The average Bonchev–Trinajstić information content (AvgIpc) is 3.76. The summed E-state index contributed by atoms with van der Waals surface area (Å²) in [7, 11) is 0. The van der Waals surface area contributed by atoms with E-state index < -0.39 is 0 Å². The number of carbonyl (C=O) groups is 1. The highest BCUT2D eigenvalue weighted by Gasteiger charge is 2.36. The van der Waals surface area contributed by atoms with Crippen LogP contribution < -0.4 is 9.47 Å². The number of nitrogens with zero attached hydrogens (tertiary/aromatic N) is 4. The Morgan fingerprint density at radius 2 is 1.91 bits per heavy atom. The summed E-state index contributed by atoms with van der Waals surface area (Å²) < 4.78 is 16.5. The average molecular weight is 465 g/mol. The van der Waals surface area contributed by atoms with E-state index in [0.717, 1.165) is 39.4 Å². The number of rotatable bonds is 8. The van der Waals surface area contributed by atoms with Crippen LogP contribution in [-0.4, -0.2) is 43.6 Å². The Labute approximate surface area is 197 Å². The number of hydrogen-bond acceptors (Lipinski definition) is 6. The summed E-state index contributed by atoms with van der Waals surface area (Å²) in [6.45, 7) is 5.20. The summed E-state index contributed by atoms with van der Waals surface area (Å²) in [5, 5.41) is 9.79. The Kier molecular flexibility index (Phi) is 5.20. The Morgan fingerprint density at radius 1 is 1.12 bits per heavy atom. The van der Waals surface area contributed by atoms with Gasteiger partial charge in [-0.3, -0.25) is 4.79 Å². The minimum atomic E-state index is -0.0973. The first kappa shape index (κ1) is 20.8. The fourth-order valence-electron chi connectivity index (χ4n) is 4.61. The first-order valence-electron chi connectivity index (χ1n) is 11.7. The van der Waals surface area contributed by atoms with Crippen LogP contribution in [0.4, 0.5) is 0 Å². The predicted molar refractivity (Wildman–Crippen MR) is 126 cm³/mol. The highest BCUT2D eigenvalue weighted by atomic mass is 32.2. The highest BCUT2D eigenvalue weighted by molar-refractivity contribution is 7.99. The van der Waals surface area contributed by atoms with Gasteiger partial charge in [0.05, 0.1) is 12.3 Å². The normalized spacial score (nSPS) is 19.6. The Hall–Kier alpha value is -2.74. The molecule has 2 fully saturated rings. The Balaban J connectivity index is 1.14. The van der Waals surface area contributed by atoms with Gasteiger partial charge in [-0.15, -0.1) is 10.2 Å². The molecule has 3 heterocycles. The second kappa shape index (κ2) is 8.24. The number of carbonyl (C=O) groups excluding carboxylic acids is 1. The molecule has 1 aromatic carbocycles. The molecular formula is C25H28N4O3S. The molecule has 0 bridgehead atoms. The van der Waals surface area contributed by atoms with Gasteiger partial charge in [0, 0.05) is 28.9 Å². The van der Waals surface area contributed by atoms with E-state index in [0.29, 0.717) is 30.9 Å². The minimum Gasteiger partial charge on any atom is -0.486 e. The number of aromatic nitrogens is 4. The van der Waals surface area contributed by atoms with E-state index in [1.165, 1.54) is 37.4 Å². The molecule has 3 aromatic rings. The highest BCUT2D eigenvalue weighted by Crippen LogP contribution is 2.46. The van der Waals surface area contributed by atoms with Crippen molar-refractivity contribution in [3.8, 4) is 11.5 Å².